The van der Waals surface area contributed by atoms with Gasteiger partial charge in [-0.05, 0) is 29.5 Å². The summed E-state index contributed by atoms with van der Waals surface area (Å²) in [6.07, 6.45) is 4.66. The Kier molecular flexibility index (Phi) is 5.61. The van der Waals surface area contributed by atoms with Gasteiger partial charge in [0.05, 0.1) is 0 Å². The molecule has 1 aromatic carbocycles. The molecule has 120 valence electrons. The maximum absolute atomic E-state index is 12.3. The second-order valence-electron chi connectivity index (χ2n) is 5.79. The average molecular weight is 326 g/mol. The topological polar surface area (TPSA) is 23.6 Å². The van der Waals surface area contributed by atoms with E-state index in [0.717, 1.165) is 44.0 Å². The van der Waals surface area contributed by atoms with Gasteiger partial charge in [-0.25, -0.2) is 0 Å². The Hall–Kier alpha value is -1.91. The van der Waals surface area contributed by atoms with E-state index in [9.17, 15) is 4.79 Å². The van der Waals surface area contributed by atoms with Crippen LogP contribution in [0.15, 0.2) is 53.9 Å². The quantitative estimate of drug-likeness (QED) is 0.803. The van der Waals surface area contributed by atoms with E-state index in [4.69, 9.17) is 0 Å². The summed E-state index contributed by atoms with van der Waals surface area (Å²) < 4.78 is 0. The summed E-state index contributed by atoms with van der Waals surface area (Å²) in [5.74, 6) is 0.125. The molecule has 2 heterocycles. The van der Waals surface area contributed by atoms with Crippen molar-refractivity contribution >= 4 is 23.3 Å². The SMILES string of the molecule is O=C(/C=C/c1cccs1)N1CCCN(Cc2ccccc2)CC1. The summed E-state index contributed by atoms with van der Waals surface area (Å²) in [6, 6.07) is 14.6. The van der Waals surface area contributed by atoms with Gasteiger partial charge in [-0.3, -0.25) is 9.69 Å². The van der Waals surface area contributed by atoms with E-state index in [1.165, 1.54) is 5.56 Å². The third-order valence-corrected chi connectivity index (χ3v) is 4.92. The summed E-state index contributed by atoms with van der Waals surface area (Å²) in [6.45, 7) is 4.61. The molecule has 3 nitrogen and oxygen atoms in total. The number of carbonyl (C=O) groups excluding carboxylic acids is 1. The molecule has 0 aliphatic carbocycles. The first-order valence-electron chi connectivity index (χ1n) is 8.08. The van der Waals surface area contributed by atoms with Crippen LogP contribution in [-0.2, 0) is 11.3 Å². The van der Waals surface area contributed by atoms with Crippen LogP contribution in [0.4, 0.5) is 0 Å². The van der Waals surface area contributed by atoms with Crippen molar-refractivity contribution in [3.05, 3.63) is 64.4 Å². The summed E-state index contributed by atoms with van der Waals surface area (Å²) >= 11 is 1.65. The van der Waals surface area contributed by atoms with Gasteiger partial charge in [0.1, 0.15) is 0 Å². The smallest absolute Gasteiger partial charge is 0.246 e. The first-order chi connectivity index (χ1) is 11.3. The molecule has 3 rings (SSSR count). The second-order valence-corrected chi connectivity index (χ2v) is 6.77. The number of benzene rings is 1. The standard InChI is InChI=1S/C19H22N2OS/c22-19(10-9-18-8-4-15-23-18)21-12-5-11-20(13-14-21)16-17-6-2-1-3-7-17/h1-4,6-10,15H,5,11-14,16H2/b10-9+. The molecule has 0 radical (unpaired) electrons. The van der Waals surface area contributed by atoms with Crippen LogP contribution in [-0.4, -0.2) is 41.9 Å². The van der Waals surface area contributed by atoms with E-state index in [2.05, 4.69) is 29.2 Å². The minimum absolute atomic E-state index is 0.125. The van der Waals surface area contributed by atoms with Crippen molar-refractivity contribution in [1.29, 1.82) is 0 Å². The number of nitrogens with zero attached hydrogens (tertiary/aromatic N) is 2. The molecule has 0 bridgehead atoms. The normalized spacial score (nSPS) is 16.6. The number of amides is 1. The number of hydrogen-bond donors (Lipinski definition) is 0. The van der Waals surface area contributed by atoms with Gasteiger partial charge in [-0.1, -0.05) is 36.4 Å². The molecule has 23 heavy (non-hydrogen) atoms. The molecular formula is C19H22N2OS. The van der Waals surface area contributed by atoms with Crippen LogP contribution in [0, 0.1) is 0 Å². The Morgan fingerprint density at radius 2 is 1.91 bits per heavy atom. The van der Waals surface area contributed by atoms with E-state index in [0.29, 0.717) is 0 Å². The van der Waals surface area contributed by atoms with Crippen LogP contribution in [0.3, 0.4) is 0 Å². The monoisotopic (exact) mass is 326 g/mol. The van der Waals surface area contributed by atoms with E-state index in [1.54, 1.807) is 17.4 Å². The molecule has 0 atom stereocenters. The molecule has 1 aliphatic heterocycles. The summed E-state index contributed by atoms with van der Waals surface area (Å²) in [7, 11) is 0. The minimum atomic E-state index is 0.125. The van der Waals surface area contributed by atoms with Crippen molar-refractivity contribution in [1.82, 2.24) is 9.80 Å². The van der Waals surface area contributed by atoms with Crippen molar-refractivity contribution in [2.75, 3.05) is 26.2 Å². The molecule has 1 saturated heterocycles. The van der Waals surface area contributed by atoms with Crippen molar-refractivity contribution in [3.8, 4) is 0 Å². The largest absolute Gasteiger partial charge is 0.338 e. The van der Waals surface area contributed by atoms with Crippen LogP contribution in [0.2, 0.25) is 0 Å². The zero-order chi connectivity index (χ0) is 15.9. The maximum Gasteiger partial charge on any atom is 0.246 e. The molecule has 2 aromatic rings. The highest BCUT2D eigenvalue weighted by atomic mass is 32.1. The summed E-state index contributed by atoms with van der Waals surface area (Å²) in [5, 5.41) is 2.03. The van der Waals surface area contributed by atoms with Crippen LogP contribution >= 0.6 is 11.3 Å². The van der Waals surface area contributed by atoms with E-state index < -0.39 is 0 Å². The third kappa shape index (κ3) is 4.78. The Bertz CT molecular complexity index is 637. The number of hydrogen-bond acceptors (Lipinski definition) is 3. The predicted molar refractivity (Wildman–Crippen MR) is 96.3 cm³/mol. The van der Waals surface area contributed by atoms with Gasteiger partial charge in [0, 0.05) is 43.7 Å². The van der Waals surface area contributed by atoms with Gasteiger partial charge in [-0.2, -0.15) is 0 Å². The molecule has 1 fully saturated rings. The number of thiophene rings is 1. The van der Waals surface area contributed by atoms with Crippen molar-refractivity contribution in [3.63, 3.8) is 0 Å². The van der Waals surface area contributed by atoms with Gasteiger partial charge in [-0.15, -0.1) is 11.3 Å². The maximum atomic E-state index is 12.3. The molecule has 0 spiro atoms. The van der Waals surface area contributed by atoms with E-state index in [1.807, 2.05) is 34.6 Å². The Labute approximate surface area is 141 Å². The molecule has 0 N–H and O–H groups in total. The molecule has 0 saturated carbocycles. The molecule has 1 aromatic heterocycles. The van der Waals surface area contributed by atoms with Gasteiger partial charge in [0.25, 0.3) is 0 Å². The summed E-state index contributed by atoms with van der Waals surface area (Å²) in [4.78, 5) is 17.9. The van der Waals surface area contributed by atoms with Crippen molar-refractivity contribution in [2.45, 2.75) is 13.0 Å². The number of carbonyl (C=O) groups is 1. The Balaban J connectivity index is 1.52. The fourth-order valence-electron chi connectivity index (χ4n) is 2.84. The van der Waals surface area contributed by atoms with Gasteiger partial charge >= 0.3 is 0 Å². The molecular weight excluding hydrogens is 304 g/mol. The molecule has 1 aliphatic rings. The van der Waals surface area contributed by atoms with E-state index in [-0.39, 0.29) is 5.91 Å². The van der Waals surface area contributed by atoms with Crippen LogP contribution in [0.1, 0.15) is 16.9 Å². The highest BCUT2D eigenvalue weighted by molar-refractivity contribution is 7.10. The zero-order valence-corrected chi connectivity index (χ0v) is 14.0. The highest BCUT2D eigenvalue weighted by Gasteiger charge is 2.17. The lowest BCUT2D eigenvalue weighted by atomic mass is 10.2. The summed E-state index contributed by atoms with van der Waals surface area (Å²) in [5.41, 5.74) is 1.34. The van der Waals surface area contributed by atoms with Gasteiger partial charge < -0.3 is 4.90 Å². The van der Waals surface area contributed by atoms with Crippen LogP contribution in [0.25, 0.3) is 6.08 Å². The lowest BCUT2D eigenvalue weighted by Crippen LogP contribution is -2.34. The molecule has 1 amide bonds. The zero-order valence-electron chi connectivity index (χ0n) is 13.2. The van der Waals surface area contributed by atoms with Crippen LogP contribution in [0.5, 0.6) is 0 Å². The third-order valence-electron chi connectivity index (χ3n) is 4.08. The number of rotatable bonds is 4. The lowest BCUT2D eigenvalue weighted by Gasteiger charge is -2.21. The fraction of sp³-hybridized carbons (Fsp3) is 0.316. The van der Waals surface area contributed by atoms with Crippen LogP contribution < -0.4 is 0 Å². The second kappa shape index (κ2) is 8.09. The fourth-order valence-corrected chi connectivity index (χ4v) is 3.45. The van der Waals surface area contributed by atoms with Crippen molar-refractivity contribution in [2.24, 2.45) is 0 Å². The van der Waals surface area contributed by atoms with Crippen molar-refractivity contribution < 1.29 is 4.79 Å². The minimum Gasteiger partial charge on any atom is -0.338 e. The Morgan fingerprint density at radius 3 is 2.70 bits per heavy atom. The Morgan fingerprint density at radius 1 is 1.04 bits per heavy atom. The first-order valence-corrected chi connectivity index (χ1v) is 8.96. The van der Waals surface area contributed by atoms with E-state index >= 15 is 0 Å². The van der Waals surface area contributed by atoms with Gasteiger partial charge in [0.2, 0.25) is 5.91 Å². The molecule has 4 heteroatoms. The first kappa shape index (κ1) is 16.0. The van der Waals surface area contributed by atoms with Gasteiger partial charge in [0.15, 0.2) is 0 Å². The average Bonchev–Trinajstić information content (AvgIpc) is 2.99. The predicted octanol–water partition coefficient (Wildman–Crippen LogP) is 3.50. The molecule has 0 unspecified atom stereocenters. The highest BCUT2D eigenvalue weighted by Crippen LogP contribution is 2.12. The lowest BCUT2D eigenvalue weighted by molar-refractivity contribution is -0.125.